The zero-order valence-corrected chi connectivity index (χ0v) is 10.4. The predicted octanol–water partition coefficient (Wildman–Crippen LogP) is 1.61. The van der Waals surface area contributed by atoms with Crippen LogP contribution in [0.1, 0.15) is 39.5 Å². The average Bonchev–Trinajstić information content (AvgIpc) is 2.67. The van der Waals surface area contributed by atoms with Crippen LogP contribution < -0.4 is 5.73 Å². The summed E-state index contributed by atoms with van der Waals surface area (Å²) in [6.07, 6.45) is 5.47. The number of likely N-dealkylation sites (N-methyl/N-ethyl adjacent to an activating group) is 1. The van der Waals surface area contributed by atoms with Crippen molar-refractivity contribution < 1.29 is 4.74 Å². The Morgan fingerprint density at radius 1 is 1.27 bits per heavy atom. The second-order valence-electron chi connectivity index (χ2n) is 4.60. The van der Waals surface area contributed by atoms with E-state index in [4.69, 9.17) is 10.5 Å². The Hall–Kier alpha value is -0.120. The molecule has 0 aromatic carbocycles. The highest BCUT2D eigenvalue weighted by atomic mass is 16.5. The zero-order chi connectivity index (χ0) is 11.3. The van der Waals surface area contributed by atoms with E-state index in [1.807, 2.05) is 0 Å². The fourth-order valence-electron chi connectivity index (χ4n) is 2.47. The molecule has 3 nitrogen and oxygen atoms in total. The zero-order valence-electron chi connectivity index (χ0n) is 10.4. The molecule has 0 amide bonds. The second kappa shape index (κ2) is 6.46. The maximum Gasteiger partial charge on any atom is 0.0707 e. The lowest BCUT2D eigenvalue weighted by Gasteiger charge is -2.28. The fraction of sp³-hybridized carbons (Fsp3) is 1.00. The van der Waals surface area contributed by atoms with E-state index >= 15 is 0 Å². The van der Waals surface area contributed by atoms with Gasteiger partial charge in [-0.2, -0.15) is 0 Å². The Morgan fingerprint density at radius 3 is 2.33 bits per heavy atom. The first kappa shape index (κ1) is 12.9. The van der Waals surface area contributed by atoms with E-state index in [0.717, 1.165) is 13.0 Å². The number of hydrogen-bond acceptors (Lipinski definition) is 3. The molecule has 1 rings (SSSR count). The van der Waals surface area contributed by atoms with Crippen LogP contribution in [0.3, 0.4) is 0 Å². The maximum absolute atomic E-state index is 5.85. The minimum Gasteiger partial charge on any atom is -0.372 e. The van der Waals surface area contributed by atoms with Crippen molar-refractivity contribution in [3.05, 3.63) is 0 Å². The monoisotopic (exact) mass is 214 g/mol. The first-order valence-electron chi connectivity index (χ1n) is 6.26. The molecule has 2 N–H and O–H groups in total. The van der Waals surface area contributed by atoms with Crippen LogP contribution in [0.2, 0.25) is 0 Å². The van der Waals surface area contributed by atoms with Gasteiger partial charge in [-0.1, -0.05) is 13.8 Å². The van der Waals surface area contributed by atoms with Gasteiger partial charge in [-0.15, -0.1) is 0 Å². The van der Waals surface area contributed by atoms with Crippen molar-refractivity contribution in [1.29, 1.82) is 0 Å². The molecule has 1 fully saturated rings. The largest absolute Gasteiger partial charge is 0.372 e. The summed E-state index contributed by atoms with van der Waals surface area (Å²) < 4.78 is 5.85. The molecule has 0 aromatic heterocycles. The number of ether oxygens (including phenoxy) is 1. The molecule has 0 bridgehead atoms. The van der Waals surface area contributed by atoms with E-state index in [0.29, 0.717) is 24.8 Å². The molecular weight excluding hydrogens is 188 g/mol. The summed E-state index contributed by atoms with van der Waals surface area (Å²) in [6, 6.07) is 0.700. The maximum atomic E-state index is 5.85. The Morgan fingerprint density at radius 2 is 1.87 bits per heavy atom. The predicted molar refractivity (Wildman–Crippen MR) is 63.9 cm³/mol. The van der Waals surface area contributed by atoms with Crippen molar-refractivity contribution in [2.24, 2.45) is 5.73 Å². The molecule has 0 radical (unpaired) electrons. The number of rotatable bonds is 6. The molecule has 0 aromatic rings. The van der Waals surface area contributed by atoms with Crippen molar-refractivity contribution in [2.75, 3.05) is 20.1 Å². The molecule has 0 aliphatic carbocycles. The third-order valence-corrected chi connectivity index (χ3v) is 3.52. The highest BCUT2D eigenvalue weighted by Gasteiger charge is 2.26. The minimum atomic E-state index is 0.310. The Labute approximate surface area is 94.0 Å². The fourth-order valence-corrected chi connectivity index (χ4v) is 2.47. The average molecular weight is 214 g/mol. The second-order valence-corrected chi connectivity index (χ2v) is 4.60. The molecule has 1 aliphatic heterocycles. The van der Waals surface area contributed by atoms with Crippen LogP contribution in [0.25, 0.3) is 0 Å². The smallest absolute Gasteiger partial charge is 0.0707 e. The van der Waals surface area contributed by atoms with Crippen LogP contribution in [0.15, 0.2) is 0 Å². The van der Waals surface area contributed by atoms with Crippen molar-refractivity contribution >= 4 is 0 Å². The van der Waals surface area contributed by atoms with Crippen LogP contribution in [0.4, 0.5) is 0 Å². The van der Waals surface area contributed by atoms with Gasteiger partial charge in [-0.3, -0.25) is 0 Å². The topological polar surface area (TPSA) is 38.5 Å². The van der Waals surface area contributed by atoms with E-state index in [1.54, 1.807) is 0 Å². The SMILES string of the molecule is CCC(CC)N(C)CC1CCC(CN)O1. The Balaban J connectivity index is 2.29. The molecule has 0 saturated carbocycles. The summed E-state index contributed by atoms with van der Waals surface area (Å²) in [5.41, 5.74) is 5.60. The van der Waals surface area contributed by atoms with Gasteiger partial charge in [0, 0.05) is 19.1 Å². The number of hydrogen-bond donors (Lipinski definition) is 1. The van der Waals surface area contributed by atoms with Gasteiger partial charge in [0.15, 0.2) is 0 Å². The van der Waals surface area contributed by atoms with Crippen molar-refractivity contribution in [3.8, 4) is 0 Å². The van der Waals surface area contributed by atoms with E-state index in [1.165, 1.54) is 19.3 Å². The lowest BCUT2D eigenvalue weighted by atomic mass is 10.1. The van der Waals surface area contributed by atoms with Gasteiger partial charge < -0.3 is 15.4 Å². The summed E-state index contributed by atoms with van der Waals surface area (Å²) in [6.45, 7) is 6.24. The highest BCUT2D eigenvalue weighted by Crippen LogP contribution is 2.20. The summed E-state index contributed by atoms with van der Waals surface area (Å²) >= 11 is 0. The van der Waals surface area contributed by atoms with Gasteiger partial charge in [0.1, 0.15) is 0 Å². The van der Waals surface area contributed by atoms with Gasteiger partial charge >= 0.3 is 0 Å². The van der Waals surface area contributed by atoms with Gasteiger partial charge in [0.25, 0.3) is 0 Å². The van der Waals surface area contributed by atoms with Crippen LogP contribution in [-0.2, 0) is 4.74 Å². The third kappa shape index (κ3) is 3.74. The Kier molecular flexibility index (Phi) is 5.58. The first-order chi connectivity index (χ1) is 7.21. The highest BCUT2D eigenvalue weighted by molar-refractivity contribution is 4.78. The molecule has 0 spiro atoms. The van der Waals surface area contributed by atoms with E-state index in [9.17, 15) is 0 Å². The Bertz CT molecular complexity index is 171. The standard InChI is InChI=1S/C12H26N2O/c1-4-10(5-2)14(3)9-12-7-6-11(8-13)15-12/h10-12H,4-9,13H2,1-3H3. The van der Waals surface area contributed by atoms with Crippen LogP contribution in [0.5, 0.6) is 0 Å². The molecule has 3 heteroatoms. The minimum absolute atomic E-state index is 0.310. The summed E-state index contributed by atoms with van der Waals surface area (Å²) in [5.74, 6) is 0. The molecule has 1 saturated heterocycles. The van der Waals surface area contributed by atoms with Crippen LogP contribution >= 0.6 is 0 Å². The molecule has 1 heterocycles. The van der Waals surface area contributed by atoms with E-state index < -0.39 is 0 Å². The van der Waals surface area contributed by atoms with Gasteiger partial charge in [-0.05, 0) is 32.7 Å². The van der Waals surface area contributed by atoms with Crippen molar-refractivity contribution in [2.45, 2.75) is 57.8 Å². The first-order valence-corrected chi connectivity index (χ1v) is 6.26. The summed E-state index contributed by atoms with van der Waals surface area (Å²) in [7, 11) is 2.21. The normalized spacial score (nSPS) is 26.8. The number of nitrogens with zero attached hydrogens (tertiary/aromatic N) is 1. The van der Waals surface area contributed by atoms with Gasteiger partial charge in [0.2, 0.25) is 0 Å². The van der Waals surface area contributed by atoms with E-state index in [2.05, 4.69) is 25.8 Å². The molecule has 2 unspecified atom stereocenters. The van der Waals surface area contributed by atoms with E-state index in [-0.39, 0.29) is 0 Å². The van der Waals surface area contributed by atoms with Gasteiger partial charge in [-0.25, -0.2) is 0 Å². The summed E-state index contributed by atoms with van der Waals surface area (Å²) in [5, 5.41) is 0. The third-order valence-electron chi connectivity index (χ3n) is 3.52. The van der Waals surface area contributed by atoms with Gasteiger partial charge in [0.05, 0.1) is 12.2 Å². The van der Waals surface area contributed by atoms with Crippen molar-refractivity contribution in [1.82, 2.24) is 4.90 Å². The number of nitrogens with two attached hydrogens (primary N) is 1. The lowest BCUT2D eigenvalue weighted by molar-refractivity contribution is 0.0234. The lowest BCUT2D eigenvalue weighted by Crippen LogP contribution is -2.37. The van der Waals surface area contributed by atoms with Crippen LogP contribution in [-0.4, -0.2) is 43.3 Å². The summed E-state index contributed by atoms with van der Waals surface area (Å²) in [4.78, 5) is 2.43. The molecule has 2 atom stereocenters. The van der Waals surface area contributed by atoms with Crippen molar-refractivity contribution in [3.63, 3.8) is 0 Å². The quantitative estimate of drug-likeness (QED) is 0.730. The van der Waals surface area contributed by atoms with Crippen LogP contribution in [0, 0.1) is 0 Å². The molecular formula is C12H26N2O. The molecule has 90 valence electrons. The molecule has 1 aliphatic rings. The molecule has 15 heavy (non-hydrogen) atoms.